The molecule has 0 aromatic heterocycles. The van der Waals surface area contributed by atoms with Crippen LogP contribution >= 0.6 is 0 Å². The van der Waals surface area contributed by atoms with Crippen molar-refractivity contribution in [1.82, 2.24) is 5.32 Å². The van der Waals surface area contributed by atoms with Crippen molar-refractivity contribution in [2.24, 2.45) is 0 Å². The van der Waals surface area contributed by atoms with Crippen LogP contribution in [0.1, 0.15) is 32.6 Å². The predicted molar refractivity (Wildman–Crippen MR) is 60.7 cm³/mol. The second-order valence-electron chi connectivity index (χ2n) is 4.44. The lowest BCUT2D eigenvalue weighted by molar-refractivity contribution is -0.122. The van der Waals surface area contributed by atoms with Crippen LogP contribution in [-0.4, -0.2) is 43.1 Å². The minimum Gasteiger partial charge on any atom is -0.391 e. The smallest absolute Gasteiger partial charge is 0.238 e. The molecule has 0 saturated heterocycles. The van der Waals surface area contributed by atoms with Crippen molar-refractivity contribution < 1.29 is 18.3 Å². The Morgan fingerprint density at radius 3 is 2.44 bits per heavy atom. The van der Waals surface area contributed by atoms with Crippen molar-refractivity contribution in [2.45, 2.75) is 50.0 Å². The second kappa shape index (κ2) is 5.14. The summed E-state index contributed by atoms with van der Waals surface area (Å²) in [6, 6.07) is -0.301. The van der Waals surface area contributed by atoms with Gasteiger partial charge in [-0.25, -0.2) is 8.42 Å². The van der Waals surface area contributed by atoms with Crippen LogP contribution in [0, 0.1) is 0 Å². The number of sulfone groups is 1. The van der Waals surface area contributed by atoms with Crippen molar-refractivity contribution >= 4 is 15.7 Å². The van der Waals surface area contributed by atoms with Crippen LogP contribution in [0.2, 0.25) is 0 Å². The topological polar surface area (TPSA) is 83.5 Å². The number of aliphatic hydroxyl groups excluding tert-OH is 1. The van der Waals surface area contributed by atoms with Gasteiger partial charge in [0.1, 0.15) is 5.25 Å². The Hall–Kier alpha value is -0.620. The third-order valence-corrected chi connectivity index (χ3v) is 4.57. The number of hydrogen-bond donors (Lipinski definition) is 2. The van der Waals surface area contributed by atoms with Gasteiger partial charge in [0.15, 0.2) is 9.84 Å². The molecule has 6 heteroatoms. The molecular formula is C10H19NO4S. The van der Waals surface area contributed by atoms with Crippen LogP contribution in [0.25, 0.3) is 0 Å². The van der Waals surface area contributed by atoms with Gasteiger partial charge in [0.25, 0.3) is 0 Å². The monoisotopic (exact) mass is 249 g/mol. The molecule has 3 atom stereocenters. The fraction of sp³-hybridized carbons (Fsp3) is 0.900. The zero-order valence-corrected chi connectivity index (χ0v) is 10.5. The van der Waals surface area contributed by atoms with E-state index in [9.17, 15) is 18.3 Å². The average molecular weight is 249 g/mol. The minimum atomic E-state index is -3.36. The summed E-state index contributed by atoms with van der Waals surface area (Å²) in [5.74, 6) is -0.520. The maximum Gasteiger partial charge on any atom is 0.238 e. The van der Waals surface area contributed by atoms with Gasteiger partial charge in [-0.15, -0.1) is 0 Å². The number of nitrogens with one attached hydrogen (secondary N) is 1. The van der Waals surface area contributed by atoms with Gasteiger partial charge in [0, 0.05) is 6.26 Å². The molecule has 1 unspecified atom stereocenters. The predicted octanol–water partition coefficient (Wildman–Crippen LogP) is -0.161. The van der Waals surface area contributed by atoms with E-state index in [1.165, 1.54) is 6.92 Å². The first-order valence-electron chi connectivity index (χ1n) is 5.49. The molecule has 1 aliphatic rings. The molecule has 16 heavy (non-hydrogen) atoms. The summed E-state index contributed by atoms with van der Waals surface area (Å²) in [6.45, 7) is 1.36. The summed E-state index contributed by atoms with van der Waals surface area (Å²) < 4.78 is 22.3. The van der Waals surface area contributed by atoms with Crippen molar-refractivity contribution in [3.8, 4) is 0 Å². The third-order valence-electron chi connectivity index (χ3n) is 3.07. The number of rotatable bonds is 3. The maximum atomic E-state index is 11.6. The number of carbonyl (C=O) groups excluding carboxylic acids is 1. The van der Waals surface area contributed by atoms with Gasteiger partial charge in [0.05, 0.1) is 12.1 Å². The first-order valence-corrected chi connectivity index (χ1v) is 7.45. The summed E-state index contributed by atoms with van der Waals surface area (Å²) in [7, 11) is -3.36. The highest BCUT2D eigenvalue weighted by Crippen LogP contribution is 2.18. The Bertz CT molecular complexity index is 352. The van der Waals surface area contributed by atoms with Crippen molar-refractivity contribution in [1.29, 1.82) is 0 Å². The Morgan fingerprint density at radius 2 is 1.94 bits per heavy atom. The van der Waals surface area contributed by atoms with E-state index in [-0.39, 0.29) is 6.04 Å². The van der Waals surface area contributed by atoms with Crippen molar-refractivity contribution in [2.75, 3.05) is 6.26 Å². The van der Waals surface area contributed by atoms with E-state index in [1.807, 2.05) is 0 Å². The molecule has 0 aromatic rings. The van der Waals surface area contributed by atoms with Gasteiger partial charge < -0.3 is 10.4 Å². The Labute approximate surface area is 96.1 Å². The molecule has 0 aromatic carbocycles. The van der Waals surface area contributed by atoms with Gasteiger partial charge in [-0.05, 0) is 19.8 Å². The Balaban J connectivity index is 2.57. The fourth-order valence-corrected chi connectivity index (χ4v) is 2.23. The highest BCUT2D eigenvalue weighted by molar-refractivity contribution is 7.92. The Morgan fingerprint density at radius 1 is 1.38 bits per heavy atom. The highest BCUT2D eigenvalue weighted by atomic mass is 32.2. The van der Waals surface area contributed by atoms with E-state index >= 15 is 0 Å². The molecule has 1 saturated carbocycles. The molecule has 5 nitrogen and oxygen atoms in total. The minimum absolute atomic E-state index is 0.301. The lowest BCUT2D eigenvalue weighted by Gasteiger charge is -2.29. The molecule has 0 heterocycles. The van der Waals surface area contributed by atoms with Gasteiger partial charge in [0.2, 0.25) is 5.91 Å². The zero-order valence-electron chi connectivity index (χ0n) is 9.64. The van der Waals surface area contributed by atoms with Crippen LogP contribution in [0.15, 0.2) is 0 Å². The van der Waals surface area contributed by atoms with E-state index in [2.05, 4.69) is 5.32 Å². The van der Waals surface area contributed by atoms with Crippen LogP contribution in [0.4, 0.5) is 0 Å². The van der Waals surface area contributed by atoms with Crippen LogP contribution in [0.5, 0.6) is 0 Å². The molecule has 1 fully saturated rings. The quantitative estimate of drug-likeness (QED) is 0.728. The first-order chi connectivity index (χ1) is 7.32. The van der Waals surface area contributed by atoms with E-state index in [0.29, 0.717) is 12.8 Å². The summed E-state index contributed by atoms with van der Waals surface area (Å²) >= 11 is 0. The maximum absolute atomic E-state index is 11.6. The molecule has 0 spiro atoms. The summed E-state index contributed by atoms with van der Waals surface area (Å²) in [5, 5.41) is 11.2. The average Bonchev–Trinajstić information content (AvgIpc) is 2.19. The summed E-state index contributed by atoms with van der Waals surface area (Å²) in [4.78, 5) is 11.6. The molecule has 1 amide bonds. The summed E-state index contributed by atoms with van der Waals surface area (Å²) in [6.07, 6.45) is 3.77. The SMILES string of the molecule is CC(C(=O)N[C@@H]1CCCC[C@H]1O)S(C)(=O)=O. The van der Waals surface area contributed by atoms with Crippen LogP contribution in [0.3, 0.4) is 0 Å². The van der Waals surface area contributed by atoms with Gasteiger partial charge in [-0.1, -0.05) is 12.8 Å². The number of carbonyl (C=O) groups is 1. The van der Waals surface area contributed by atoms with Crippen LogP contribution in [-0.2, 0) is 14.6 Å². The van der Waals surface area contributed by atoms with Crippen molar-refractivity contribution in [3.05, 3.63) is 0 Å². The third kappa shape index (κ3) is 3.45. The van der Waals surface area contributed by atoms with E-state index in [4.69, 9.17) is 0 Å². The van der Waals surface area contributed by atoms with Gasteiger partial charge in [-0.3, -0.25) is 4.79 Å². The van der Waals surface area contributed by atoms with Crippen LogP contribution < -0.4 is 5.32 Å². The molecular weight excluding hydrogens is 230 g/mol. The molecule has 1 aliphatic carbocycles. The largest absolute Gasteiger partial charge is 0.391 e. The zero-order chi connectivity index (χ0) is 12.3. The lowest BCUT2D eigenvalue weighted by atomic mass is 9.92. The fourth-order valence-electron chi connectivity index (χ4n) is 1.77. The molecule has 1 rings (SSSR count). The highest BCUT2D eigenvalue weighted by Gasteiger charge is 2.29. The standard InChI is InChI=1S/C10H19NO4S/c1-7(16(2,14)15)10(13)11-8-5-3-4-6-9(8)12/h7-9,12H,3-6H2,1-2H3,(H,11,13)/t7?,8-,9-/m1/s1. The lowest BCUT2D eigenvalue weighted by Crippen LogP contribution is -2.49. The van der Waals surface area contributed by atoms with E-state index in [1.54, 1.807) is 0 Å². The second-order valence-corrected chi connectivity index (χ2v) is 6.80. The number of hydrogen-bond acceptors (Lipinski definition) is 4. The molecule has 94 valence electrons. The summed E-state index contributed by atoms with van der Waals surface area (Å²) in [5.41, 5.74) is 0. The van der Waals surface area contributed by atoms with Gasteiger partial charge >= 0.3 is 0 Å². The number of aliphatic hydroxyl groups is 1. The van der Waals surface area contributed by atoms with E-state index < -0.39 is 27.1 Å². The normalized spacial score (nSPS) is 28.4. The van der Waals surface area contributed by atoms with Crippen molar-refractivity contribution in [3.63, 3.8) is 0 Å². The Kier molecular flexibility index (Phi) is 4.32. The van der Waals surface area contributed by atoms with E-state index in [0.717, 1.165) is 19.1 Å². The first kappa shape index (κ1) is 13.4. The molecule has 0 radical (unpaired) electrons. The molecule has 0 bridgehead atoms. The van der Waals surface area contributed by atoms with Gasteiger partial charge in [-0.2, -0.15) is 0 Å². The molecule has 2 N–H and O–H groups in total. The number of amides is 1. The molecule has 0 aliphatic heterocycles.